The van der Waals surface area contributed by atoms with Crippen LogP contribution < -0.4 is 10.6 Å². The normalized spacial score (nSPS) is 19.2. The average molecular weight is 379 g/mol. The number of alkyl halides is 3. The van der Waals surface area contributed by atoms with Crippen molar-refractivity contribution in [3.05, 3.63) is 65.7 Å². The second kappa shape index (κ2) is 7.28. The Kier molecular flexibility index (Phi) is 5.04. The number of benzene rings is 2. The van der Waals surface area contributed by atoms with Gasteiger partial charge in [0.25, 0.3) is 0 Å². The lowest BCUT2D eigenvalue weighted by atomic mass is 10.0. The number of carbonyl (C=O) groups is 1. The standard InChI is InChI=1S/C18H16F3N3O3/c19-18(20,21)17(26)10-15(24-27-17)13-8-6-12(7-9-13)11-22-16(25)23-14-4-2-1-3-5-14/h1-9,26H,10-11H2,(H2,22,23,25). The maximum atomic E-state index is 12.7. The fourth-order valence-electron chi connectivity index (χ4n) is 2.42. The first-order chi connectivity index (χ1) is 12.8. The van der Waals surface area contributed by atoms with Gasteiger partial charge in [-0.3, -0.25) is 0 Å². The third-order valence-electron chi connectivity index (χ3n) is 3.93. The molecule has 0 aromatic heterocycles. The number of nitrogens with zero attached hydrogens (tertiary/aromatic N) is 1. The Bertz CT molecular complexity index is 838. The second-order valence-electron chi connectivity index (χ2n) is 5.96. The highest BCUT2D eigenvalue weighted by atomic mass is 19.4. The average Bonchev–Trinajstić information content (AvgIpc) is 3.05. The highest BCUT2D eigenvalue weighted by Gasteiger charge is 2.60. The topological polar surface area (TPSA) is 83.0 Å². The quantitative estimate of drug-likeness (QED) is 0.762. The molecule has 0 radical (unpaired) electrons. The molecule has 27 heavy (non-hydrogen) atoms. The lowest BCUT2D eigenvalue weighted by Crippen LogP contribution is -2.45. The number of halogens is 3. The Morgan fingerprint density at radius 1 is 1.15 bits per heavy atom. The SMILES string of the molecule is O=C(NCc1ccc(C2=NOC(O)(C(F)(F)F)C2)cc1)Nc1ccccc1. The molecule has 0 spiro atoms. The van der Waals surface area contributed by atoms with Crippen LogP contribution in [-0.4, -0.2) is 28.8 Å². The molecule has 0 saturated heterocycles. The number of hydrogen-bond acceptors (Lipinski definition) is 4. The number of nitrogens with one attached hydrogen (secondary N) is 2. The summed E-state index contributed by atoms with van der Waals surface area (Å²) in [6.07, 6.45) is -5.72. The summed E-state index contributed by atoms with van der Waals surface area (Å²) in [7, 11) is 0. The molecule has 2 aromatic rings. The van der Waals surface area contributed by atoms with Crippen LogP contribution >= 0.6 is 0 Å². The minimum absolute atomic E-state index is 0.00356. The molecular formula is C18H16F3N3O3. The van der Waals surface area contributed by atoms with Crippen molar-refractivity contribution in [1.82, 2.24) is 5.32 Å². The molecule has 0 aliphatic carbocycles. The maximum Gasteiger partial charge on any atom is 0.458 e. The van der Waals surface area contributed by atoms with E-state index in [4.69, 9.17) is 0 Å². The van der Waals surface area contributed by atoms with Crippen LogP contribution in [0.25, 0.3) is 0 Å². The molecule has 3 rings (SSSR count). The van der Waals surface area contributed by atoms with Gasteiger partial charge in [-0.25, -0.2) is 4.79 Å². The van der Waals surface area contributed by atoms with Gasteiger partial charge < -0.3 is 20.6 Å². The highest BCUT2D eigenvalue weighted by Crippen LogP contribution is 2.38. The third-order valence-corrected chi connectivity index (χ3v) is 3.93. The van der Waals surface area contributed by atoms with Crippen LogP contribution in [0, 0.1) is 0 Å². The largest absolute Gasteiger partial charge is 0.458 e. The van der Waals surface area contributed by atoms with Crippen molar-refractivity contribution in [3.8, 4) is 0 Å². The summed E-state index contributed by atoms with van der Waals surface area (Å²) < 4.78 is 38.2. The zero-order valence-corrected chi connectivity index (χ0v) is 14.0. The molecule has 3 N–H and O–H groups in total. The molecule has 1 atom stereocenters. The van der Waals surface area contributed by atoms with E-state index in [1.165, 1.54) is 0 Å². The summed E-state index contributed by atoms with van der Waals surface area (Å²) in [5.41, 5.74) is 1.79. The van der Waals surface area contributed by atoms with E-state index in [9.17, 15) is 23.1 Å². The zero-order valence-electron chi connectivity index (χ0n) is 14.0. The molecule has 1 aliphatic rings. The van der Waals surface area contributed by atoms with Crippen LogP contribution in [0.3, 0.4) is 0 Å². The Hall–Kier alpha value is -3.07. The van der Waals surface area contributed by atoms with Gasteiger partial charge in [0.05, 0.1) is 12.1 Å². The van der Waals surface area contributed by atoms with Crippen LogP contribution in [0.1, 0.15) is 17.5 Å². The summed E-state index contributed by atoms with van der Waals surface area (Å²) in [5.74, 6) is -3.29. The number of aliphatic hydroxyl groups is 1. The molecule has 0 saturated carbocycles. The predicted molar refractivity (Wildman–Crippen MR) is 92.0 cm³/mol. The van der Waals surface area contributed by atoms with Crippen molar-refractivity contribution in [3.63, 3.8) is 0 Å². The second-order valence-corrected chi connectivity index (χ2v) is 5.96. The summed E-state index contributed by atoms with van der Waals surface area (Å²) in [5, 5.41) is 18.2. The lowest BCUT2D eigenvalue weighted by Gasteiger charge is -2.22. The van der Waals surface area contributed by atoms with Gasteiger partial charge in [0.15, 0.2) is 0 Å². The van der Waals surface area contributed by atoms with Crippen molar-refractivity contribution in [2.75, 3.05) is 5.32 Å². The van der Waals surface area contributed by atoms with Gasteiger partial charge in [-0.2, -0.15) is 13.2 Å². The van der Waals surface area contributed by atoms with Gasteiger partial charge in [0.2, 0.25) is 0 Å². The molecule has 1 aliphatic heterocycles. The zero-order chi connectivity index (χ0) is 19.5. The number of para-hydroxylation sites is 1. The maximum absolute atomic E-state index is 12.7. The molecule has 2 aromatic carbocycles. The van der Waals surface area contributed by atoms with Crippen LogP contribution in [-0.2, 0) is 11.4 Å². The fraction of sp³-hybridized carbons (Fsp3) is 0.222. The van der Waals surface area contributed by atoms with E-state index in [-0.39, 0.29) is 18.3 Å². The van der Waals surface area contributed by atoms with Gasteiger partial charge in [-0.15, -0.1) is 0 Å². The first kappa shape index (κ1) is 18.7. The summed E-state index contributed by atoms with van der Waals surface area (Å²) >= 11 is 0. The molecule has 142 valence electrons. The first-order valence-electron chi connectivity index (χ1n) is 8.00. The summed E-state index contributed by atoms with van der Waals surface area (Å²) in [6.45, 7) is 0.231. The van der Waals surface area contributed by atoms with E-state index in [0.29, 0.717) is 11.3 Å². The van der Waals surface area contributed by atoms with Crippen LogP contribution in [0.15, 0.2) is 59.8 Å². The molecule has 0 bridgehead atoms. The number of anilines is 1. The monoisotopic (exact) mass is 379 g/mol. The minimum Gasteiger partial charge on any atom is -0.350 e. The number of oxime groups is 1. The molecule has 9 heteroatoms. The molecule has 6 nitrogen and oxygen atoms in total. The van der Waals surface area contributed by atoms with E-state index in [1.54, 1.807) is 48.5 Å². The molecular weight excluding hydrogens is 363 g/mol. The molecule has 1 unspecified atom stereocenters. The Balaban J connectivity index is 1.54. The minimum atomic E-state index is -4.94. The van der Waals surface area contributed by atoms with E-state index >= 15 is 0 Å². The number of urea groups is 1. The lowest BCUT2D eigenvalue weighted by molar-refractivity contribution is -0.355. The molecule has 2 amide bonds. The van der Waals surface area contributed by atoms with Crippen molar-refractivity contribution in [2.24, 2.45) is 5.16 Å². The van der Waals surface area contributed by atoms with E-state index < -0.39 is 18.4 Å². The first-order valence-corrected chi connectivity index (χ1v) is 8.00. The van der Waals surface area contributed by atoms with Crippen molar-refractivity contribution >= 4 is 17.4 Å². The Morgan fingerprint density at radius 2 is 1.81 bits per heavy atom. The number of carbonyl (C=O) groups excluding carboxylic acids is 1. The Morgan fingerprint density at radius 3 is 2.41 bits per heavy atom. The van der Waals surface area contributed by atoms with Gasteiger partial charge in [-0.05, 0) is 23.3 Å². The van der Waals surface area contributed by atoms with Gasteiger partial charge in [-0.1, -0.05) is 47.6 Å². The van der Waals surface area contributed by atoms with E-state index in [2.05, 4.69) is 20.6 Å². The van der Waals surface area contributed by atoms with Crippen molar-refractivity contribution < 1.29 is 27.9 Å². The molecule has 1 heterocycles. The van der Waals surface area contributed by atoms with E-state index in [1.807, 2.05) is 6.07 Å². The van der Waals surface area contributed by atoms with Gasteiger partial charge in [0.1, 0.15) is 0 Å². The van der Waals surface area contributed by atoms with Crippen LogP contribution in [0.2, 0.25) is 0 Å². The van der Waals surface area contributed by atoms with Crippen molar-refractivity contribution in [2.45, 2.75) is 24.9 Å². The van der Waals surface area contributed by atoms with Gasteiger partial charge >= 0.3 is 18.0 Å². The van der Waals surface area contributed by atoms with E-state index in [0.717, 1.165) is 5.56 Å². The van der Waals surface area contributed by atoms with Crippen LogP contribution in [0.4, 0.5) is 23.7 Å². The molecule has 0 fully saturated rings. The van der Waals surface area contributed by atoms with Gasteiger partial charge in [0, 0.05) is 12.2 Å². The summed E-state index contributed by atoms with van der Waals surface area (Å²) in [6, 6.07) is 14.9. The van der Waals surface area contributed by atoms with Crippen molar-refractivity contribution in [1.29, 1.82) is 0 Å². The smallest absolute Gasteiger partial charge is 0.350 e. The number of hydrogen-bond donors (Lipinski definition) is 3. The number of rotatable bonds is 4. The predicted octanol–water partition coefficient (Wildman–Crippen LogP) is 3.38. The summed E-state index contributed by atoms with van der Waals surface area (Å²) in [4.78, 5) is 16.0. The number of amides is 2. The fourth-order valence-corrected chi connectivity index (χ4v) is 2.42. The third kappa shape index (κ3) is 4.37. The Labute approximate surface area is 152 Å². The van der Waals surface area contributed by atoms with Crippen LogP contribution in [0.5, 0.6) is 0 Å². The highest BCUT2D eigenvalue weighted by molar-refractivity contribution is 6.01.